The Morgan fingerprint density at radius 1 is 0.870 bits per heavy atom. The van der Waals surface area contributed by atoms with Gasteiger partial charge in [0.1, 0.15) is 24.2 Å². The van der Waals surface area contributed by atoms with Crippen molar-refractivity contribution in [2.45, 2.75) is 159 Å². The predicted octanol–water partition coefficient (Wildman–Crippen LogP) is 1.79. The number of amides is 5. The van der Waals surface area contributed by atoms with Gasteiger partial charge in [0, 0.05) is 25.7 Å². The first-order chi connectivity index (χ1) is 25.8. The van der Waals surface area contributed by atoms with Gasteiger partial charge >= 0.3 is 0 Å². The molecule has 0 aromatic rings. The zero-order chi connectivity index (χ0) is 39.0. The normalized spacial score (nSPS) is 35.6. The highest BCUT2D eigenvalue weighted by Gasteiger charge is 2.49. The van der Waals surface area contributed by atoms with Gasteiger partial charge in [-0.05, 0) is 88.9 Å². The van der Waals surface area contributed by atoms with Crippen LogP contribution in [0.5, 0.6) is 0 Å². The van der Waals surface area contributed by atoms with Gasteiger partial charge in [0.15, 0.2) is 0 Å². The van der Waals surface area contributed by atoms with Crippen molar-refractivity contribution < 1.29 is 33.4 Å². The van der Waals surface area contributed by atoms with E-state index in [1.807, 2.05) is 13.8 Å². The summed E-state index contributed by atoms with van der Waals surface area (Å²) in [6, 6.07) is -4.63. The Morgan fingerprint density at radius 2 is 1.52 bits per heavy atom. The maximum Gasteiger partial charge on any atom is 0.247 e. The molecule has 4 saturated carbocycles. The zero-order valence-electron chi connectivity index (χ0n) is 33.0. The number of carbonyl (C=O) groups is 5. The summed E-state index contributed by atoms with van der Waals surface area (Å²) >= 11 is 0. The average molecular weight is 758 g/mol. The summed E-state index contributed by atoms with van der Waals surface area (Å²) < 4.78 is 12.5. The highest BCUT2D eigenvalue weighted by atomic mass is 16.5. The maximum absolute atomic E-state index is 14.3. The zero-order valence-corrected chi connectivity index (χ0v) is 33.0. The van der Waals surface area contributed by atoms with Gasteiger partial charge in [-0.3, -0.25) is 24.0 Å². The second-order valence-electron chi connectivity index (χ2n) is 17.1. The molecule has 0 radical (unpaired) electrons. The van der Waals surface area contributed by atoms with Crippen LogP contribution in [0.4, 0.5) is 0 Å². The van der Waals surface area contributed by atoms with Crippen LogP contribution in [0.15, 0.2) is 12.2 Å². The predicted molar refractivity (Wildman–Crippen MR) is 204 cm³/mol. The minimum Gasteiger partial charge on any atom is -0.375 e. The van der Waals surface area contributed by atoms with Crippen LogP contribution in [-0.4, -0.2) is 110 Å². The van der Waals surface area contributed by atoms with Crippen LogP contribution >= 0.6 is 0 Å². The van der Waals surface area contributed by atoms with Crippen LogP contribution in [0.3, 0.4) is 0 Å². The summed E-state index contributed by atoms with van der Waals surface area (Å²) in [5.74, 6) is -2.69. The molecule has 54 heavy (non-hydrogen) atoms. The molecule has 5 rings (SSSR count). The summed E-state index contributed by atoms with van der Waals surface area (Å²) in [5, 5.41) is 11.5. The summed E-state index contributed by atoms with van der Waals surface area (Å²) in [7, 11) is 1.62. The van der Waals surface area contributed by atoms with Crippen LogP contribution < -0.4 is 32.7 Å². The number of allylic oxidation sites excluding steroid dienone is 1. The molecule has 1 heterocycles. The number of nitrogens with zero attached hydrogens (tertiary/aromatic N) is 1. The Labute approximate surface area is 321 Å². The highest BCUT2D eigenvalue weighted by molar-refractivity contribution is 5.96. The van der Waals surface area contributed by atoms with Crippen molar-refractivity contribution in [1.82, 2.24) is 26.2 Å². The number of hydrogen-bond donors (Lipinski definition) is 6. The minimum atomic E-state index is -1.18. The van der Waals surface area contributed by atoms with Gasteiger partial charge in [-0.15, -0.1) is 0 Å². The molecule has 14 heteroatoms. The van der Waals surface area contributed by atoms with E-state index < -0.39 is 65.9 Å². The van der Waals surface area contributed by atoms with E-state index in [0.29, 0.717) is 30.6 Å². The Morgan fingerprint density at radius 3 is 2.11 bits per heavy atom. The number of nitrogens with one attached hydrogen (secondary N) is 4. The highest BCUT2D eigenvalue weighted by Crippen LogP contribution is 2.60. The number of hydrogen-bond acceptors (Lipinski definition) is 9. The molecule has 5 fully saturated rings. The molecule has 7 atom stereocenters. The third-order valence-electron chi connectivity index (χ3n) is 12.8. The van der Waals surface area contributed by atoms with Gasteiger partial charge in [0.2, 0.25) is 29.5 Å². The summed E-state index contributed by atoms with van der Waals surface area (Å²) in [4.78, 5) is 71.5. The second-order valence-corrected chi connectivity index (χ2v) is 17.1. The van der Waals surface area contributed by atoms with Crippen molar-refractivity contribution in [3.8, 4) is 0 Å². The molecular weight excluding hydrogens is 690 g/mol. The largest absolute Gasteiger partial charge is 0.375 e. The van der Waals surface area contributed by atoms with Crippen molar-refractivity contribution in [2.75, 3.05) is 26.8 Å². The van der Waals surface area contributed by atoms with Gasteiger partial charge < -0.3 is 47.1 Å². The standard InChI is InChI=1S/C40H67N7O7/c1-5-11-32-37(50)46-34(27-12-8-6-7-9-13-27)38(51)44-30(21-41)35(48)45-31(23-53-29-17-28(42)18-29)36(49)43-24(2)22-54-33(25(3)39(52)47(32)4)16-26-19-40(20-26)14-10-15-40/h5,11,24-34H,6-10,12-23,41-42H2,1-4H3,(H,43,49)(H,44,51)(H,45,48)(H,46,50)/b11-5+/t24-,25-,28?,29?,30+,31+,32+,33-,34+/m1/s1. The lowest BCUT2D eigenvalue weighted by Gasteiger charge is -2.55. The maximum atomic E-state index is 14.3. The molecule has 5 amide bonds. The molecular formula is C40H67N7O7. The molecule has 304 valence electrons. The smallest absolute Gasteiger partial charge is 0.247 e. The molecule has 8 N–H and O–H groups in total. The van der Waals surface area contributed by atoms with Crippen molar-refractivity contribution in [3.63, 3.8) is 0 Å². The van der Waals surface area contributed by atoms with Crippen molar-refractivity contribution >= 4 is 29.5 Å². The third-order valence-corrected chi connectivity index (χ3v) is 12.8. The Hall–Kier alpha value is -3.07. The fourth-order valence-electron chi connectivity index (χ4n) is 9.21. The average Bonchev–Trinajstić information content (AvgIpc) is 3.38. The van der Waals surface area contributed by atoms with E-state index in [4.69, 9.17) is 20.9 Å². The number of rotatable bonds is 8. The summed E-state index contributed by atoms with van der Waals surface area (Å²) in [6.07, 6.45) is 16.2. The molecule has 5 aliphatic rings. The van der Waals surface area contributed by atoms with Crippen molar-refractivity contribution in [1.29, 1.82) is 0 Å². The topological polar surface area (TPSA) is 207 Å². The lowest BCUT2D eigenvalue weighted by Crippen LogP contribution is -2.62. The molecule has 1 spiro atoms. The van der Waals surface area contributed by atoms with E-state index in [1.165, 1.54) is 24.2 Å². The monoisotopic (exact) mass is 758 g/mol. The molecule has 14 nitrogen and oxygen atoms in total. The first-order valence-corrected chi connectivity index (χ1v) is 20.6. The van der Waals surface area contributed by atoms with Crippen LogP contribution in [-0.2, 0) is 33.4 Å². The first kappa shape index (κ1) is 42.1. The number of likely N-dealkylation sites (N-methyl/N-ethyl adjacent to an activating group) is 1. The molecule has 0 unspecified atom stereocenters. The second kappa shape index (κ2) is 19.2. The van der Waals surface area contributed by atoms with Gasteiger partial charge in [-0.2, -0.15) is 0 Å². The lowest BCUT2D eigenvalue weighted by molar-refractivity contribution is -0.147. The van der Waals surface area contributed by atoms with Gasteiger partial charge in [-0.1, -0.05) is 51.2 Å². The van der Waals surface area contributed by atoms with Gasteiger partial charge in [-0.25, -0.2) is 0 Å². The van der Waals surface area contributed by atoms with Gasteiger partial charge in [0.25, 0.3) is 0 Å². The van der Waals surface area contributed by atoms with E-state index in [2.05, 4.69) is 21.3 Å². The number of carbonyl (C=O) groups excluding carboxylic acids is 5. The Balaban J connectivity index is 1.43. The summed E-state index contributed by atoms with van der Waals surface area (Å²) in [6.45, 7) is 5.26. The fourth-order valence-corrected chi connectivity index (χ4v) is 9.21. The third kappa shape index (κ3) is 10.6. The quantitative estimate of drug-likeness (QED) is 0.157. The number of nitrogens with two attached hydrogens (primary N) is 2. The van der Waals surface area contributed by atoms with E-state index in [-0.39, 0.29) is 43.7 Å². The van der Waals surface area contributed by atoms with E-state index in [1.54, 1.807) is 26.1 Å². The van der Waals surface area contributed by atoms with Gasteiger partial charge in [0.05, 0.1) is 31.3 Å². The molecule has 0 aromatic heterocycles. The minimum absolute atomic E-state index is 0.0401. The van der Waals surface area contributed by atoms with Crippen LogP contribution in [0.2, 0.25) is 0 Å². The molecule has 4 aliphatic carbocycles. The Bertz CT molecular complexity index is 1340. The molecule has 0 bridgehead atoms. The van der Waals surface area contributed by atoms with Crippen molar-refractivity contribution in [2.24, 2.45) is 34.6 Å². The van der Waals surface area contributed by atoms with E-state index in [0.717, 1.165) is 51.4 Å². The van der Waals surface area contributed by atoms with Crippen LogP contribution in [0.25, 0.3) is 0 Å². The Kier molecular flexibility index (Phi) is 15.0. The molecule has 0 aromatic carbocycles. The number of ether oxygens (including phenoxy) is 2. The van der Waals surface area contributed by atoms with Crippen molar-refractivity contribution in [3.05, 3.63) is 12.2 Å². The molecule has 1 saturated heterocycles. The van der Waals surface area contributed by atoms with E-state index in [9.17, 15) is 24.0 Å². The fraction of sp³-hybridized carbons (Fsp3) is 0.825. The lowest BCUT2D eigenvalue weighted by atomic mass is 9.51. The summed E-state index contributed by atoms with van der Waals surface area (Å²) in [5.41, 5.74) is 12.5. The van der Waals surface area contributed by atoms with Crippen LogP contribution in [0.1, 0.15) is 111 Å². The molecule has 1 aliphatic heterocycles. The van der Waals surface area contributed by atoms with Crippen LogP contribution in [0, 0.1) is 23.2 Å². The van der Waals surface area contributed by atoms with E-state index >= 15 is 0 Å². The SMILES string of the molecule is C/C=C/[C@H]1C(=O)N[C@@H](C2CCCCCC2)C(=O)N[C@@H](CN)C(=O)N[C@@H](COC2CC(N)C2)C(=O)N[C@H](C)CO[C@H](CC2CC3(CCC3)C2)[C@@H](C)C(=O)N1C. The first-order valence-electron chi connectivity index (χ1n) is 20.6.